The third-order valence-electron chi connectivity index (χ3n) is 5.89. The van der Waals surface area contributed by atoms with Gasteiger partial charge in [-0.3, -0.25) is 19.4 Å². The molecule has 1 saturated heterocycles. The molecule has 1 aliphatic rings. The topological polar surface area (TPSA) is 75.9 Å². The van der Waals surface area contributed by atoms with Crippen LogP contribution in [0.1, 0.15) is 28.9 Å². The number of fused-ring (bicyclic) bond motifs is 1. The van der Waals surface area contributed by atoms with Gasteiger partial charge in [-0.2, -0.15) is 5.10 Å². The highest BCUT2D eigenvalue weighted by Gasteiger charge is 2.20. The number of amides is 1. The Labute approximate surface area is 184 Å². The summed E-state index contributed by atoms with van der Waals surface area (Å²) in [7, 11) is 1.91. The van der Waals surface area contributed by atoms with Crippen LogP contribution in [0.25, 0.3) is 22.0 Å². The van der Waals surface area contributed by atoms with Crippen molar-refractivity contribution >= 4 is 22.5 Å². The van der Waals surface area contributed by atoms with Crippen molar-refractivity contribution in [1.29, 1.82) is 0 Å². The fraction of sp³-hybridized carbons (Fsp3) is 0.250. The van der Waals surface area contributed by atoms with E-state index in [1.807, 2.05) is 17.8 Å². The van der Waals surface area contributed by atoms with Gasteiger partial charge in [0.05, 0.1) is 17.6 Å². The summed E-state index contributed by atoms with van der Waals surface area (Å²) < 4.78 is 17.2. The summed E-state index contributed by atoms with van der Waals surface area (Å²) in [4.78, 5) is 23.5. The van der Waals surface area contributed by atoms with Gasteiger partial charge >= 0.3 is 0 Å². The van der Waals surface area contributed by atoms with E-state index < -0.39 is 11.7 Å². The molecule has 3 aromatic heterocycles. The zero-order valence-electron chi connectivity index (χ0n) is 17.8. The average molecular weight is 430 g/mol. The third kappa shape index (κ3) is 3.85. The van der Waals surface area contributed by atoms with Crippen molar-refractivity contribution in [2.24, 2.45) is 7.05 Å². The van der Waals surface area contributed by atoms with E-state index >= 15 is 4.39 Å². The van der Waals surface area contributed by atoms with Gasteiger partial charge in [0.2, 0.25) is 0 Å². The second kappa shape index (κ2) is 8.47. The second-order valence-electron chi connectivity index (χ2n) is 8.01. The summed E-state index contributed by atoms with van der Waals surface area (Å²) >= 11 is 0. The van der Waals surface area contributed by atoms with Crippen LogP contribution in [-0.4, -0.2) is 43.6 Å². The van der Waals surface area contributed by atoms with E-state index in [2.05, 4.69) is 25.3 Å². The third-order valence-corrected chi connectivity index (χ3v) is 5.89. The number of hydrogen-bond donors (Lipinski definition) is 1. The van der Waals surface area contributed by atoms with Crippen LogP contribution < -0.4 is 5.32 Å². The number of halogens is 1. The Kier molecular flexibility index (Phi) is 5.36. The first-order valence-corrected chi connectivity index (χ1v) is 10.6. The molecule has 32 heavy (non-hydrogen) atoms. The van der Waals surface area contributed by atoms with Gasteiger partial charge in [0.25, 0.3) is 5.91 Å². The van der Waals surface area contributed by atoms with E-state index in [1.54, 1.807) is 42.7 Å². The zero-order valence-corrected chi connectivity index (χ0v) is 17.8. The minimum absolute atomic E-state index is 0.105. The molecule has 7 nitrogen and oxygen atoms in total. The maximum Gasteiger partial charge on any atom is 0.256 e. The number of rotatable bonds is 5. The molecule has 0 saturated carbocycles. The molecule has 4 aromatic rings. The number of aryl methyl sites for hydroxylation is 1. The molecule has 0 radical (unpaired) electrons. The second-order valence-corrected chi connectivity index (χ2v) is 8.01. The summed E-state index contributed by atoms with van der Waals surface area (Å²) in [5.74, 6) is -1.10. The van der Waals surface area contributed by atoms with Crippen LogP contribution in [0, 0.1) is 5.82 Å². The van der Waals surface area contributed by atoms with E-state index in [0.717, 1.165) is 30.9 Å². The number of carbonyl (C=O) groups is 1. The molecule has 0 bridgehead atoms. The largest absolute Gasteiger partial charge is 0.304 e. The Balaban J connectivity index is 1.49. The Morgan fingerprint density at radius 2 is 1.84 bits per heavy atom. The van der Waals surface area contributed by atoms with Crippen LogP contribution in [0.5, 0.6) is 0 Å². The molecule has 1 aliphatic heterocycles. The SMILES string of the molecule is Cn1ncc(-c2cc3c(F)c(NC(=O)c4ccccc4)ncc3cn2)c1CN1CCCC1. The molecule has 0 atom stereocenters. The van der Waals surface area contributed by atoms with Crippen LogP contribution in [-0.2, 0) is 13.6 Å². The van der Waals surface area contributed by atoms with E-state index in [0.29, 0.717) is 22.0 Å². The molecule has 0 aliphatic carbocycles. The van der Waals surface area contributed by atoms with Gasteiger partial charge in [-0.25, -0.2) is 9.37 Å². The number of likely N-dealkylation sites (tertiary alicyclic amines) is 1. The van der Waals surface area contributed by atoms with Crippen LogP contribution in [0.15, 0.2) is 55.0 Å². The van der Waals surface area contributed by atoms with Crippen LogP contribution in [0.4, 0.5) is 10.2 Å². The lowest BCUT2D eigenvalue weighted by molar-refractivity contribution is 0.102. The molecule has 1 amide bonds. The van der Waals surface area contributed by atoms with Crippen molar-refractivity contribution in [2.45, 2.75) is 19.4 Å². The first kappa shape index (κ1) is 20.3. The molecule has 4 heterocycles. The fourth-order valence-corrected chi connectivity index (χ4v) is 4.10. The predicted molar refractivity (Wildman–Crippen MR) is 121 cm³/mol. The van der Waals surface area contributed by atoms with E-state index in [4.69, 9.17) is 0 Å². The van der Waals surface area contributed by atoms with E-state index in [-0.39, 0.29) is 5.82 Å². The molecule has 1 aromatic carbocycles. The number of aromatic nitrogens is 4. The monoisotopic (exact) mass is 430 g/mol. The highest BCUT2D eigenvalue weighted by Crippen LogP contribution is 2.29. The van der Waals surface area contributed by atoms with Crippen molar-refractivity contribution in [3.63, 3.8) is 0 Å². The number of nitrogens with zero attached hydrogens (tertiary/aromatic N) is 5. The molecule has 0 unspecified atom stereocenters. The summed E-state index contributed by atoms with van der Waals surface area (Å²) in [5.41, 5.74) is 3.01. The molecule has 8 heteroatoms. The molecule has 162 valence electrons. The van der Waals surface area contributed by atoms with Crippen molar-refractivity contribution < 1.29 is 9.18 Å². The van der Waals surface area contributed by atoms with Gasteiger partial charge in [0.1, 0.15) is 0 Å². The van der Waals surface area contributed by atoms with Crippen molar-refractivity contribution in [2.75, 3.05) is 18.4 Å². The number of nitrogens with one attached hydrogen (secondary N) is 1. The normalized spacial score (nSPS) is 14.2. The maximum atomic E-state index is 15.3. The van der Waals surface area contributed by atoms with Crippen LogP contribution in [0.2, 0.25) is 0 Å². The van der Waals surface area contributed by atoms with E-state index in [9.17, 15) is 4.79 Å². The Bertz CT molecular complexity index is 1280. The van der Waals surface area contributed by atoms with Gasteiger partial charge in [0.15, 0.2) is 11.6 Å². The molecule has 0 spiro atoms. The molecule has 1 N–H and O–H groups in total. The van der Waals surface area contributed by atoms with Crippen molar-refractivity contribution in [3.8, 4) is 11.3 Å². The highest BCUT2D eigenvalue weighted by atomic mass is 19.1. The Morgan fingerprint density at radius 3 is 2.62 bits per heavy atom. The van der Waals surface area contributed by atoms with Gasteiger partial charge in [-0.05, 0) is 44.1 Å². The first-order valence-electron chi connectivity index (χ1n) is 10.6. The smallest absolute Gasteiger partial charge is 0.256 e. The Morgan fingerprint density at radius 1 is 1.09 bits per heavy atom. The van der Waals surface area contributed by atoms with Crippen LogP contribution in [0.3, 0.4) is 0 Å². The number of pyridine rings is 2. The molecule has 5 rings (SSSR count). The lowest BCUT2D eigenvalue weighted by Gasteiger charge is -2.16. The highest BCUT2D eigenvalue weighted by molar-refractivity contribution is 6.04. The predicted octanol–water partition coefficient (Wildman–Crippen LogP) is 4.02. The molecule has 1 fully saturated rings. The summed E-state index contributed by atoms with van der Waals surface area (Å²) in [5, 5.41) is 7.90. The quantitative estimate of drug-likeness (QED) is 0.518. The fourth-order valence-electron chi connectivity index (χ4n) is 4.10. The minimum atomic E-state index is -0.583. The molecular formula is C24H23FN6O. The van der Waals surface area contributed by atoms with Gasteiger partial charge < -0.3 is 5.32 Å². The summed E-state index contributed by atoms with van der Waals surface area (Å²) in [6.07, 6.45) is 7.31. The number of hydrogen-bond acceptors (Lipinski definition) is 5. The van der Waals surface area contributed by atoms with Gasteiger partial charge in [0, 0.05) is 47.9 Å². The summed E-state index contributed by atoms with van der Waals surface area (Å²) in [6.45, 7) is 2.92. The maximum absolute atomic E-state index is 15.3. The lowest BCUT2D eigenvalue weighted by atomic mass is 10.1. The molecular weight excluding hydrogens is 407 g/mol. The Hall–Kier alpha value is -3.65. The van der Waals surface area contributed by atoms with E-state index in [1.165, 1.54) is 19.0 Å². The first-order chi connectivity index (χ1) is 15.6. The van der Waals surface area contributed by atoms with Gasteiger partial charge in [-0.15, -0.1) is 0 Å². The zero-order chi connectivity index (χ0) is 22.1. The average Bonchev–Trinajstić information content (AvgIpc) is 3.46. The number of benzene rings is 1. The van der Waals surface area contributed by atoms with Crippen LogP contribution >= 0.6 is 0 Å². The lowest BCUT2D eigenvalue weighted by Crippen LogP contribution is -2.20. The van der Waals surface area contributed by atoms with Crippen molar-refractivity contribution in [1.82, 2.24) is 24.6 Å². The number of anilines is 1. The standard InChI is InChI=1S/C24H23FN6O/c1-30-21(15-31-9-5-6-10-31)19(14-28-30)20-11-18-17(12-26-20)13-27-23(22(18)25)29-24(32)16-7-3-2-4-8-16/h2-4,7-8,11-14H,5-6,9-10,15H2,1H3,(H,27,29,32). The van der Waals surface area contributed by atoms with Crippen molar-refractivity contribution in [3.05, 3.63) is 72.1 Å². The number of carbonyl (C=O) groups excluding carboxylic acids is 1. The minimum Gasteiger partial charge on any atom is -0.304 e. The summed E-state index contributed by atoms with van der Waals surface area (Å²) in [6, 6.07) is 10.4. The van der Waals surface area contributed by atoms with Gasteiger partial charge in [-0.1, -0.05) is 18.2 Å².